The molecule has 0 bridgehead atoms. The highest BCUT2D eigenvalue weighted by molar-refractivity contribution is 7.98. The lowest BCUT2D eigenvalue weighted by Crippen LogP contribution is -2.02. The maximum Gasteiger partial charge on any atom is 0.131 e. The molecule has 0 aliphatic carbocycles. The maximum absolute atomic E-state index is 5.87. The summed E-state index contributed by atoms with van der Waals surface area (Å²) in [6.45, 7) is 0. The summed E-state index contributed by atoms with van der Waals surface area (Å²) in [6, 6.07) is 14.6. The van der Waals surface area contributed by atoms with Gasteiger partial charge >= 0.3 is 0 Å². The van der Waals surface area contributed by atoms with Crippen molar-refractivity contribution in [2.45, 2.75) is 11.3 Å². The molecule has 1 nitrogen and oxygen atoms in total. The van der Waals surface area contributed by atoms with E-state index in [2.05, 4.69) is 36.6 Å². The van der Waals surface area contributed by atoms with E-state index in [0.717, 1.165) is 17.9 Å². The number of hydrogen-bond acceptors (Lipinski definition) is 2. The second-order valence-corrected chi connectivity index (χ2v) is 4.74. The van der Waals surface area contributed by atoms with Gasteiger partial charge < -0.3 is 4.74 Å². The molecule has 0 spiro atoms. The second kappa shape index (κ2) is 3.87. The lowest BCUT2D eigenvalue weighted by molar-refractivity contribution is 0.459. The summed E-state index contributed by atoms with van der Waals surface area (Å²) < 4.78 is 5.87. The highest BCUT2D eigenvalue weighted by Gasteiger charge is 2.16. The van der Waals surface area contributed by atoms with Gasteiger partial charge in [-0.3, -0.25) is 0 Å². The molecule has 80 valence electrons. The largest absolute Gasteiger partial charge is 0.457 e. The molecule has 3 rings (SSSR count). The summed E-state index contributed by atoms with van der Waals surface area (Å²) in [7, 11) is 0. The molecule has 0 atom stereocenters. The Bertz CT molecular complexity index is 534. The van der Waals surface area contributed by atoms with Crippen LogP contribution in [0, 0.1) is 0 Å². The van der Waals surface area contributed by atoms with Gasteiger partial charge in [-0.25, -0.2) is 0 Å². The number of benzene rings is 2. The third-order valence-corrected chi connectivity index (χ3v) is 3.57. The van der Waals surface area contributed by atoms with Gasteiger partial charge in [0, 0.05) is 16.9 Å². The van der Waals surface area contributed by atoms with Gasteiger partial charge in [-0.15, -0.1) is 11.8 Å². The number of fused-ring (bicyclic) bond motifs is 2. The lowest BCUT2D eigenvalue weighted by Gasteiger charge is -2.20. The van der Waals surface area contributed by atoms with Crippen LogP contribution >= 0.6 is 11.8 Å². The topological polar surface area (TPSA) is 9.23 Å². The highest BCUT2D eigenvalue weighted by Crippen LogP contribution is 2.37. The molecule has 0 radical (unpaired) electrons. The standard InChI is InChI=1S/C14H12OS/c1-16-12-6-7-14-11(9-12)8-10-4-2-3-5-13(10)15-14/h2-7,9H,8H2,1H3. The van der Waals surface area contributed by atoms with E-state index < -0.39 is 0 Å². The van der Waals surface area contributed by atoms with Gasteiger partial charge in [0.2, 0.25) is 0 Å². The Balaban J connectivity index is 2.05. The molecule has 0 saturated carbocycles. The fraction of sp³-hybridized carbons (Fsp3) is 0.143. The van der Waals surface area contributed by atoms with Crippen molar-refractivity contribution in [3.8, 4) is 11.5 Å². The Morgan fingerprint density at radius 3 is 2.69 bits per heavy atom. The van der Waals surface area contributed by atoms with Crippen molar-refractivity contribution in [2.24, 2.45) is 0 Å². The maximum atomic E-state index is 5.87. The summed E-state index contributed by atoms with van der Waals surface area (Å²) in [6.07, 6.45) is 3.07. The Labute approximate surface area is 99.4 Å². The zero-order valence-electron chi connectivity index (χ0n) is 9.07. The van der Waals surface area contributed by atoms with E-state index >= 15 is 0 Å². The van der Waals surface area contributed by atoms with Crippen molar-refractivity contribution in [1.82, 2.24) is 0 Å². The molecule has 0 aromatic heterocycles. The van der Waals surface area contributed by atoms with Gasteiger partial charge in [-0.1, -0.05) is 18.2 Å². The zero-order chi connectivity index (χ0) is 11.0. The van der Waals surface area contributed by atoms with E-state index in [1.54, 1.807) is 11.8 Å². The first kappa shape index (κ1) is 9.79. The quantitative estimate of drug-likeness (QED) is 0.580. The van der Waals surface area contributed by atoms with Crippen LogP contribution in [0.1, 0.15) is 11.1 Å². The molecule has 2 heteroatoms. The van der Waals surface area contributed by atoms with Gasteiger partial charge in [0.25, 0.3) is 0 Å². The molecule has 0 unspecified atom stereocenters. The Morgan fingerprint density at radius 2 is 1.81 bits per heavy atom. The van der Waals surface area contributed by atoms with Crippen molar-refractivity contribution in [3.05, 3.63) is 53.6 Å². The fourth-order valence-electron chi connectivity index (χ4n) is 1.99. The first-order valence-corrected chi connectivity index (χ1v) is 6.52. The van der Waals surface area contributed by atoms with Crippen LogP contribution in [0.3, 0.4) is 0 Å². The summed E-state index contributed by atoms with van der Waals surface area (Å²) in [5.41, 5.74) is 2.55. The SMILES string of the molecule is CSc1ccc2c(c1)Cc1ccccc1O2. The minimum Gasteiger partial charge on any atom is -0.457 e. The van der Waals surface area contributed by atoms with Crippen LogP contribution in [0.25, 0.3) is 0 Å². The van der Waals surface area contributed by atoms with Crippen LogP contribution in [0.5, 0.6) is 11.5 Å². The minimum absolute atomic E-state index is 0.972. The monoisotopic (exact) mass is 228 g/mol. The zero-order valence-corrected chi connectivity index (χ0v) is 9.88. The molecule has 1 aliphatic rings. The third-order valence-electron chi connectivity index (χ3n) is 2.84. The molecule has 0 amide bonds. The number of hydrogen-bond donors (Lipinski definition) is 0. The molecule has 1 aliphatic heterocycles. The first-order chi connectivity index (χ1) is 7.86. The summed E-state index contributed by atoms with van der Waals surface area (Å²) in [4.78, 5) is 1.29. The molecule has 0 saturated heterocycles. The van der Waals surface area contributed by atoms with Crippen molar-refractivity contribution in [3.63, 3.8) is 0 Å². The van der Waals surface area contributed by atoms with Crippen molar-refractivity contribution < 1.29 is 4.74 Å². The van der Waals surface area contributed by atoms with Crippen LogP contribution in [0.2, 0.25) is 0 Å². The molecule has 1 heterocycles. The van der Waals surface area contributed by atoms with Crippen molar-refractivity contribution >= 4 is 11.8 Å². The number of thioether (sulfide) groups is 1. The van der Waals surface area contributed by atoms with E-state index in [1.165, 1.54) is 16.0 Å². The number of rotatable bonds is 1. The lowest BCUT2D eigenvalue weighted by atomic mass is 10.0. The molecule has 0 N–H and O–H groups in total. The molecule has 0 fully saturated rings. The second-order valence-electron chi connectivity index (χ2n) is 3.86. The van der Waals surface area contributed by atoms with Crippen LogP contribution in [-0.2, 0) is 6.42 Å². The van der Waals surface area contributed by atoms with Gasteiger partial charge in [-0.2, -0.15) is 0 Å². The minimum atomic E-state index is 0.972. The average Bonchev–Trinajstić information content (AvgIpc) is 2.35. The summed E-state index contributed by atoms with van der Waals surface area (Å²) in [5, 5.41) is 0. The summed E-state index contributed by atoms with van der Waals surface area (Å²) >= 11 is 1.77. The fourth-order valence-corrected chi connectivity index (χ4v) is 2.46. The molecule has 2 aromatic carbocycles. The van der Waals surface area contributed by atoms with Crippen LogP contribution < -0.4 is 4.74 Å². The predicted octanol–water partition coefficient (Wildman–Crippen LogP) is 4.11. The van der Waals surface area contributed by atoms with E-state index in [1.807, 2.05) is 12.1 Å². The number of ether oxygens (including phenoxy) is 1. The molecule has 2 aromatic rings. The molecular formula is C14H12OS. The Hall–Kier alpha value is -1.41. The average molecular weight is 228 g/mol. The van der Waals surface area contributed by atoms with Crippen molar-refractivity contribution in [2.75, 3.05) is 6.26 Å². The normalized spacial score (nSPS) is 12.6. The van der Waals surface area contributed by atoms with Crippen LogP contribution in [0.4, 0.5) is 0 Å². The van der Waals surface area contributed by atoms with E-state index in [0.29, 0.717) is 0 Å². The van der Waals surface area contributed by atoms with Gasteiger partial charge in [0.15, 0.2) is 0 Å². The Kier molecular flexibility index (Phi) is 2.37. The number of para-hydroxylation sites is 1. The van der Waals surface area contributed by atoms with Crippen LogP contribution in [-0.4, -0.2) is 6.26 Å². The predicted molar refractivity (Wildman–Crippen MR) is 67.5 cm³/mol. The van der Waals surface area contributed by atoms with Gasteiger partial charge in [0.05, 0.1) is 0 Å². The molecular weight excluding hydrogens is 216 g/mol. The van der Waals surface area contributed by atoms with Crippen molar-refractivity contribution in [1.29, 1.82) is 0 Å². The highest BCUT2D eigenvalue weighted by atomic mass is 32.2. The van der Waals surface area contributed by atoms with E-state index in [9.17, 15) is 0 Å². The van der Waals surface area contributed by atoms with E-state index in [-0.39, 0.29) is 0 Å². The van der Waals surface area contributed by atoms with E-state index in [4.69, 9.17) is 4.74 Å². The third kappa shape index (κ3) is 1.59. The Morgan fingerprint density at radius 1 is 1.00 bits per heavy atom. The van der Waals surface area contributed by atoms with Crippen LogP contribution in [0.15, 0.2) is 47.4 Å². The smallest absolute Gasteiger partial charge is 0.131 e. The van der Waals surface area contributed by atoms with Gasteiger partial charge in [0.1, 0.15) is 11.5 Å². The first-order valence-electron chi connectivity index (χ1n) is 5.29. The van der Waals surface area contributed by atoms with Gasteiger partial charge in [-0.05, 0) is 36.1 Å². The summed E-state index contributed by atoms with van der Waals surface area (Å²) in [5.74, 6) is 1.99. The molecule has 16 heavy (non-hydrogen) atoms.